The molecule has 2 N–H and O–H groups in total. The normalized spacial score (nSPS) is 17.2. The van der Waals surface area contributed by atoms with E-state index in [0.717, 1.165) is 29.4 Å². The van der Waals surface area contributed by atoms with E-state index in [-0.39, 0.29) is 23.1 Å². The maximum atomic E-state index is 13.2. The van der Waals surface area contributed by atoms with Gasteiger partial charge in [-0.15, -0.1) is 0 Å². The minimum atomic E-state index is -0.336. The molecule has 1 aliphatic rings. The second-order valence-corrected chi connectivity index (χ2v) is 6.91. The summed E-state index contributed by atoms with van der Waals surface area (Å²) in [6, 6.07) is 17.5. The summed E-state index contributed by atoms with van der Waals surface area (Å²) in [5.74, 6) is -0.215. The third kappa shape index (κ3) is 3.38. The number of hydrogen-bond acceptors (Lipinski definition) is 3. The SMILES string of the molecule is CCc1ccc(C2CNCCN2C(=O)c2cc3ccccc3[nH]c2=O)cc1. The zero-order valence-electron chi connectivity index (χ0n) is 15.4. The van der Waals surface area contributed by atoms with E-state index in [4.69, 9.17) is 0 Å². The minimum absolute atomic E-state index is 0.0805. The Morgan fingerprint density at radius 2 is 1.93 bits per heavy atom. The summed E-state index contributed by atoms with van der Waals surface area (Å²) in [6.07, 6.45) is 0.984. The summed E-state index contributed by atoms with van der Waals surface area (Å²) in [5, 5.41) is 4.22. The van der Waals surface area contributed by atoms with Crippen LogP contribution in [0.3, 0.4) is 0 Å². The fourth-order valence-corrected chi connectivity index (χ4v) is 3.68. The summed E-state index contributed by atoms with van der Waals surface area (Å²) in [4.78, 5) is 30.4. The van der Waals surface area contributed by atoms with E-state index in [1.165, 1.54) is 5.56 Å². The van der Waals surface area contributed by atoms with Crippen LogP contribution in [0.1, 0.15) is 34.5 Å². The Hall–Kier alpha value is -2.92. The lowest BCUT2D eigenvalue weighted by Gasteiger charge is -2.36. The summed E-state index contributed by atoms with van der Waals surface area (Å²) in [5.41, 5.74) is 2.96. The first-order valence-electron chi connectivity index (χ1n) is 9.40. The van der Waals surface area contributed by atoms with Gasteiger partial charge in [-0.3, -0.25) is 9.59 Å². The van der Waals surface area contributed by atoms with E-state index in [1.54, 1.807) is 6.07 Å². The topological polar surface area (TPSA) is 65.2 Å². The predicted molar refractivity (Wildman–Crippen MR) is 107 cm³/mol. The van der Waals surface area contributed by atoms with Crippen molar-refractivity contribution in [2.75, 3.05) is 19.6 Å². The molecule has 0 spiro atoms. The van der Waals surface area contributed by atoms with Crippen LogP contribution in [0.15, 0.2) is 59.4 Å². The molecule has 5 nitrogen and oxygen atoms in total. The van der Waals surface area contributed by atoms with Crippen molar-refractivity contribution in [3.63, 3.8) is 0 Å². The van der Waals surface area contributed by atoms with Gasteiger partial charge in [-0.2, -0.15) is 0 Å². The smallest absolute Gasteiger partial charge is 0.261 e. The number of fused-ring (bicyclic) bond motifs is 1. The number of H-pyrrole nitrogens is 1. The van der Waals surface area contributed by atoms with E-state index in [2.05, 4.69) is 41.5 Å². The molecule has 4 rings (SSSR count). The third-order valence-corrected chi connectivity index (χ3v) is 5.26. The lowest BCUT2D eigenvalue weighted by molar-refractivity contribution is 0.0632. The molecule has 1 amide bonds. The van der Waals surface area contributed by atoms with Gasteiger partial charge in [-0.1, -0.05) is 49.4 Å². The zero-order chi connectivity index (χ0) is 18.8. The van der Waals surface area contributed by atoms with Gasteiger partial charge >= 0.3 is 0 Å². The lowest BCUT2D eigenvalue weighted by Crippen LogP contribution is -2.49. The first kappa shape index (κ1) is 17.5. The molecule has 2 aromatic carbocycles. The highest BCUT2D eigenvalue weighted by atomic mass is 16.2. The number of aromatic amines is 1. The van der Waals surface area contributed by atoms with Gasteiger partial charge in [0, 0.05) is 25.2 Å². The number of benzene rings is 2. The first-order chi connectivity index (χ1) is 13.2. The van der Waals surface area contributed by atoms with Gasteiger partial charge in [0.25, 0.3) is 11.5 Å². The molecule has 1 aliphatic heterocycles. The van der Waals surface area contributed by atoms with Crippen LogP contribution in [0, 0.1) is 0 Å². The molecule has 1 atom stereocenters. The lowest BCUT2D eigenvalue weighted by atomic mass is 10.00. The summed E-state index contributed by atoms with van der Waals surface area (Å²) < 4.78 is 0. The van der Waals surface area contributed by atoms with Crippen molar-refractivity contribution in [1.82, 2.24) is 15.2 Å². The third-order valence-electron chi connectivity index (χ3n) is 5.26. The van der Waals surface area contributed by atoms with Crippen LogP contribution in [0.2, 0.25) is 0 Å². The number of pyridine rings is 1. The molecule has 1 unspecified atom stereocenters. The van der Waals surface area contributed by atoms with Crippen LogP contribution in [0.5, 0.6) is 0 Å². The highest BCUT2D eigenvalue weighted by molar-refractivity contribution is 5.97. The molecule has 138 valence electrons. The molecule has 27 heavy (non-hydrogen) atoms. The van der Waals surface area contributed by atoms with Gasteiger partial charge in [-0.25, -0.2) is 0 Å². The van der Waals surface area contributed by atoms with Gasteiger partial charge in [-0.05, 0) is 35.1 Å². The number of carbonyl (C=O) groups is 1. The second-order valence-electron chi connectivity index (χ2n) is 6.91. The van der Waals surface area contributed by atoms with Crippen LogP contribution in [0.4, 0.5) is 0 Å². The van der Waals surface area contributed by atoms with Gasteiger partial charge in [0.1, 0.15) is 5.56 Å². The molecular formula is C22H23N3O2. The highest BCUT2D eigenvalue weighted by Gasteiger charge is 2.30. The Labute approximate surface area is 158 Å². The van der Waals surface area contributed by atoms with Crippen molar-refractivity contribution in [2.45, 2.75) is 19.4 Å². The molecule has 0 radical (unpaired) electrons. The quantitative estimate of drug-likeness (QED) is 0.754. The van der Waals surface area contributed by atoms with Crippen LogP contribution in [-0.2, 0) is 6.42 Å². The summed E-state index contributed by atoms with van der Waals surface area (Å²) >= 11 is 0. The van der Waals surface area contributed by atoms with E-state index in [9.17, 15) is 9.59 Å². The monoisotopic (exact) mass is 361 g/mol. The number of aryl methyl sites for hydroxylation is 1. The number of rotatable bonds is 3. The van der Waals surface area contributed by atoms with Crippen molar-refractivity contribution >= 4 is 16.8 Å². The number of hydrogen-bond donors (Lipinski definition) is 2. The Morgan fingerprint density at radius 3 is 2.70 bits per heavy atom. The summed E-state index contributed by atoms with van der Waals surface area (Å²) in [7, 11) is 0. The standard InChI is InChI=1S/C22H23N3O2/c1-2-15-7-9-16(10-8-15)20-14-23-11-12-25(20)22(27)18-13-17-5-3-4-6-19(17)24-21(18)26/h3-10,13,20,23H,2,11-12,14H2,1H3,(H,24,26). The fraction of sp³-hybridized carbons (Fsp3) is 0.273. The maximum Gasteiger partial charge on any atom is 0.261 e. The molecule has 3 aromatic rings. The molecule has 0 aliphatic carbocycles. The predicted octanol–water partition coefficient (Wildman–Crippen LogP) is 2.88. The number of piperazine rings is 1. The number of nitrogens with zero attached hydrogens (tertiary/aromatic N) is 1. The second kappa shape index (κ2) is 7.37. The highest BCUT2D eigenvalue weighted by Crippen LogP contribution is 2.24. The zero-order valence-corrected chi connectivity index (χ0v) is 15.4. The number of nitrogens with one attached hydrogen (secondary N) is 2. The van der Waals surface area contributed by atoms with E-state index in [1.807, 2.05) is 29.2 Å². The van der Waals surface area contributed by atoms with Gasteiger partial charge in [0.2, 0.25) is 0 Å². The molecule has 1 aromatic heterocycles. The number of amides is 1. The van der Waals surface area contributed by atoms with Gasteiger partial charge < -0.3 is 15.2 Å². The van der Waals surface area contributed by atoms with Crippen molar-refractivity contribution in [3.8, 4) is 0 Å². The number of aromatic nitrogens is 1. The molecule has 1 saturated heterocycles. The minimum Gasteiger partial charge on any atom is -0.329 e. The molecule has 0 bridgehead atoms. The largest absolute Gasteiger partial charge is 0.329 e. The Morgan fingerprint density at radius 1 is 1.15 bits per heavy atom. The summed E-state index contributed by atoms with van der Waals surface area (Å²) in [6.45, 7) is 4.10. The van der Waals surface area contributed by atoms with Crippen molar-refractivity contribution in [3.05, 3.63) is 81.6 Å². The number of carbonyl (C=O) groups excluding carboxylic acids is 1. The average molecular weight is 361 g/mol. The van der Waals surface area contributed by atoms with Crippen LogP contribution in [-0.4, -0.2) is 35.4 Å². The Kier molecular flexibility index (Phi) is 4.77. The first-order valence-corrected chi connectivity index (χ1v) is 9.40. The fourth-order valence-electron chi connectivity index (χ4n) is 3.68. The van der Waals surface area contributed by atoms with Gasteiger partial charge in [0.05, 0.1) is 6.04 Å². The van der Waals surface area contributed by atoms with Crippen molar-refractivity contribution in [1.29, 1.82) is 0 Å². The van der Waals surface area contributed by atoms with Gasteiger partial charge in [0.15, 0.2) is 0 Å². The molecular weight excluding hydrogens is 338 g/mol. The Balaban J connectivity index is 1.70. The molecule has 1 fully saturated rings. The average Bonchev–Trinajstić information content (AvgIpc) is 2.73. The maximum absolute atomic E-state index is 13.2. The van der Waals surface area contributed by atoms with Crippen molar-refractivity contribution < 1.29 is 4.79 Å². The van der Waals surface area contributed by atoms with E-state index in [0.29, 0.717) is 13.1 Å². The number of para-hydroxylation sites is 1. The van der Waals surface area contributed by atoms with Crippen LogP contribution in [0.25, 0.3) is 10.9 Å². The molecule has 2 heterocycles. The van der Waals surface area contributed by atoms with Crippen LogP contribution >= 0.6 is 0 Å². The van der Waals surface area contributed by atoms with Crippen LogP contribution < -0.4 is 10.9 Å². The molecule has 0 saturated carbocycles. The molecule has 5 heteroatoms. The van der Waals surface area contributed by atoms with E-state index < -0.39 is 0 Å². The van der Waals surface area contributed by atoms with E-state index >= 15 is 0 Å². The Bertz CT molecular complexity index is 1020. The van der Waals surface area contributed by atoms with Crippen molar-refractivity contribution in [2.24, 2.45) is 0 Å².